The van der Waals surface area contributed by atoms with Crippen LogP contribution in [0.5, 0.6) is 0 Å². The monoisotopic (exact) mass is 405 g/mol. The first-order valence-corrected chi connectivity index (χ1v) is 11.6. The predicted molar refractivity (Wildman–Crippen MR) is 124 cm³/mol. The summed E-state index contributed by atoms with van der Waals surface area (Å²) in [6.45, 7) is 2.21. The van der Waals surface area contributed by atoms with E-state index in [0.29, 0.717) is 6.04 Å². The highest BCUT2D eigenvalue weighted by atomic mass is 32.2. The Bertz CT molecular complexity index is 997. The minimum atomic E-state index is 0.0576. The molecule has 2 heterocycles. The Morgan fingerprint density at radius 1 is 1.00 bits per heavy atom. The van der Waals surface area contributed by atoms with Gasteiger partial charge in [0, 0.05) is 30.6 Å². The third-order valence-electron chi connectivity index (χ3n) is 6.08. The number of hydrogen-bond acceptors (Lipinski definition) is 5. The summed E-state index contributed by atoms with van der Waals surface area (Å²) in [5, 5.41) is 18.4. The number of aliphatic hydroxyl groups is 1. The first kappa shape index (κ1) is 18.8. The second-order valence-electron chi connectivity index (χ2n) is 8.01. The van der Waals surface area contributed by atoms with Crippen LogP contribution in [0.1, 0.15) is 18.4 Å². The lowest BCUT2D eigenvalue weighted by Crippen LogP contribution is -2.56. The van der Waals surface area contributed by atoms with Crippen molar-refractivity contribution in [1.82, 2.24) is 10.2 Å². The number of guanidine groups is 1. The molecule has 4 nitrogen and oxygen atoms in total. The van der Waals surface area contributed by atoms with E-state index >= 15 is 0 Å². The van der Waals surface area contributed by atoms with Crippen LogP contribution in [0.15, 0.2) is 59.6 Å². The summed E-state index contributed by atoms with van der Waals surface area (Å²) in [6, 6.07) is 20.2. The lowest BCUT2D eigenvalue weighted by atomic mass is 9.98. The van der Waals surface area contributed by atoms with Gasteiger partial charge in [-0.25, -0.2) is 4.99 Å². The fraction of sp³-hybridized carbons (Fsp3) is 0.375. The highest BCUT2D eigenvalue weighted by molar-refractivity contribution is 7.98. The molecule has 2 aliphatic heterocycles. The summed E-state index contributed by atoms with van der Waals surface area (Å²) in [7, 11) is 0. The summed E-state index contributed by atoms with van der Waals surface area (Å²) < 4.78 is 0. The molecule has 150 valence electrons. The van der Waals surface area contributed by atoms with E-state index < -0.39 is 0 Å². The molecule has 0 spiro atoms. The molecule has 0 saturated carbocycles. The number of thioether (sulfide) groups is 1. The number of hydrogen-bond donors (Lipinski definition) is 2. The molecule has 1 fully saturated rings. The number of benzene rings is 3. The third kappa shape index (κ3) is 3.81. The van der Waals surface area contributed by atoms with Crippen LogP contribution in [0.4, 0.5) is 0 Å². The maximum atomic E-state index is 9.43. The van der Waals surface area contributed by atoms with Crippen molar-refractivity contribution in [2.24, 2.45) is 4.99 Å². The molecule has 2 atom stereocenters. The molecule has 2 aliphatic rings. The zero-order valence-corrected chi connectivity index (χ0v) is 17.4. The molecule has 29 heavy (non-hydrogen) atoms. The van der Waals surface area contributed by atoms with Crippen molar-refractivity contribution in [3.63, 3.8) is 0 Å². The zero-order valence-electron chi connectivity index (χ0n) is 16.6. The lowest BCUT2D eigenvalue weighted by molar-refractivity contribution is 0.227. The molecule has 3 aromatic carbocycles. The zero-order chi connectivity index (χ0) is 19.6. The van der Waals surface area contributed by atoms with Gasteiger partial charge in [0.05, 0.1) is 12.6 Å². The summed E-state index contributed by atoms with van der Waals surface area (Å²) in [4.78, 5) is 7.02. The Labute approximate surface area is 176 Å². The SMILES string of the molecule is OC[C@H]1CCN2CC[C@H](CSCc3c4ccccc4cc4ccccc34)NC2=N1. The molecule has 0 bridgehead atoms. The number of rotatable bonds is 5. The van der Waals surface area contributed by atoms with Crippen molar-refractivity contribution in [1.29, 1.82) is 0 Å². The fourth-order valence-electron chi connectivity index (χ4n) is 4.47. The number of nitrogens with one attached hydrogen (secondary N) is 1. The van der Waals surface area contributed by atoms with Gasteiger partial charge < -0.3 is 15.3 Å². The van der Waals surface area contributed by atoms with Crippen LogP contribution >= 0.6 is 11.8 Å². The van der Waals surface area contributed by atoms with Gasteiger partial charge in [-0.15, -0.1) is 0 Å². The molecular formula is C24H27N3OS. The van der Waals surface area contributed by atoms with Crippen LogP contribution in [-0.4, -0.2) is 53.5 Å². The number of nitrogens with zero attached hydrogens (tertiary/aromatic N) is 2. The summed E-state index contributed by atoms with van der Waals surface area (Å²) >= 11 is 2.00. The Kier molecular flexibility index (Phi) is 5.34. The highest BCUT2D eigenvalue weighted by Gasteiger charge is 2.27. The van der Waals surface area contributed by atoms with E-state index in [1.54, 1.807) is 0 Å². The first-order chi connectivity index (χ1) is 14.3. The van der Waals surface area contributed by atoms with Crippen molar-refractivity contribution in [3.8, 4) is 0 Å². The van der Waals surface area contributed by atoms with Crippen LogP contribution in [0.2, 0.25) is 0 Å². The Morgan fingerprint density at radius 2 is 1.69 bits per heavy atom. The largest absolute Gasteiger partial charge is 0.394 e. The molecule has 0 radical (unpaired) electrons. The molecule has 0 amide bonds. The average molecular weight is 406 g/mol. The van der Waals surface area contributed by atoms with Crippen molar-refractivity contribution < 1.29 is 5.11 Å². The molecule has 5 rings (SSSR count). The minimum Gasteiger partial charge on any atom is -0.394 e. The average Bonchev–Trinajstić information content (AvgIpc) is 2.78. The molecule has 1 saturated heterocycles. The molecule has 0 unspecified atom stereocenters. The van der Waals surface area contributed by atoms with E-state index in [0.717, 1.165) is 43.4 Å². The Hall–Kier alpha value is -2.24. The third-order valence-corrected chi connectivity index (χ3v) is 7.21. The molecule has 5 heteroatoms. The topological polar surface area (TPSA) is 47.9 Å². The predicted octanol–water partition coefficient (Wildman–Crippen LogP) is 4.01. The van der Waals surface area contributed by atoms with Crippen LogP contribution in [0.25, 0.3) is 21.5 Å². The van der Waals surface area contributed by atoms with E-state index in [1.807, 2.05) is 11.8 Å². The molecule has 0 aliphatic carbocycles. The molecule has 2 N–H and O–H groups in total. The Morgan fingerprint density at radius 3 is 2.41 bits per heavy atom. The summed E-state index contributed by atoms with van der Waals surface area (Å²) in [6.07, 6.45) is 2.10. The molecule has 3 aromatic rings. The van der Waals surface area contributed by atoms with Crippen molar-refractivity contribution in [3.05, 3.63) is 60.2 Å². The highest BCUT2D eigenvalue weighted by Crippen LogP contribution is 2.31. The smallest absolute Gasteiger partial charge is 0.194 e. The summed E-state index contributed by atoms with van der Waals surface area (Å²) in [5.74, 6) is 3.06. The van der Waals surface area contributed by atoms with E-state index in [1.165, 1.54) is 27.1 Å². The second kappa shape index (κ2) is 8.25. The van der Waals surface area contributed by atoms with Gasteiger partial charge in [-0.3, -0.25) is 0 Å². The van der Waals surface area contributed by atoms with E-state index in [4.69, 9.17) is 4.99 Å². The van der Waals surface area contributed by atoms with Gasteiger partial charge in [0.1, 0.15) is 0 Å². The van der Waals surface area contributed by atoms with E-state index in [-0.39, 0.29) is 12.6 Å². The minimum absolute atomic E-state index is 0.0576. The van der Waals surface area contributed by atoms with Crippen LogP contribution in [0.3, 0.4) is 0 Å². The number of fused-ring (bicyclic) bond motifs is 3. The summed E-state index contributed by atoms with van der Waals surface area (Å²) in [5.41, 5.74) is 1.44. The number of aliphatic hydroxyl groups excluding tert-OH is 1. The van der Waals surface area contributed by atoms with Crippen LogP contribution in [0, 0.1) is 0 Å². The van der Waals surface area contributed by atoms with Crippen molar-refractivity contribution in [2.45, 2.75) is 30.7 Å². The van der Waals surface area contributed by atoms with Crippen LogP contribution < -0.4 is 5.32 Å². The van der Waals surface area contributed by atoms with Gasteiger partial charge in [0.25, 0.3) is 0 Å². The van der Waals surface area contributed by atoms with Gasteiger partial charge in [-0.1, -0.05) is 48.5 Å². The van der Waals surface area contributed by atoms with Gasteiger partial charge >= 0.3 is 0 Å². The van der Waals surface area contributed by atoms with Gasteiger partial charge in [0.2, 0.25) is 0 Å². The lowest BCUT2D eigenvalue weighted by Gasteiger charge is -2.39. The quantitative estimate of drug-likeness (QED) is 0.630. The van der Waals surface area contributed by atoms with Crippen molar-refractivity contribution >= 4 is 39.3 Å². The molecular weight excluding hydrogens is 378 g/mol. The maximum absolute atomic E-state index is 9.43. The Balaban J connectivity index is 1.32. The standard InChI is InChI=1S/C24H27N3OS/c28-14-19-9-11-27-12-10-20(26-24(27)25-19)15-29-16-23-21-7-3-1-5-17(21)13-18-6-2-4-8-22(18)23/h1-8,13,19-20,28H,9-12,14-16H2,(H,25,26)/t19-,20-/m1/s1. The van der Waals surface area contributed by atoms with Crippen LogP contribution in [-0.2, 0) is 5.75 Å². The maximum Gasteiger partial charge on any atom is 0.194 e. The normalized spacial score (nSPS) is 21.7. The van der Waals surface area contributed by atoms with E-state index in [9.17, 15) is 5.11 Å². The molecule has 0 aromatic heterocycles. The van der Waals surface area contributed by atoms with Crippen molar-refractivity contribution in [2.75, 3.05) is 25.4 Å². The fourth-order valence-corrected chi connectivity index (χ4v) is 5.63. The second-order valence-corrected chi connectivity index (χ2v) is 9.04. The van der Waals surface area contributed by atoms with Gasteiger partial charge in [-0.2, -0.15) is 11.8 Å². The number of aliphatic imine (C=N–C) groups is 1. The van der Waals surface area contributed by atoms with E-state index in [2.05, 4.69) is 64.8 Å². The first-order valence-electron chi connectivity index (χ1n) is 10.5. The van der Waals surface area contributed by atoms with Gasteiger partial charge in [-0.05, 0) is 46.0 Å². The van der Waals surface area contributed by atoms with Gasteiger partial charge in [0.15, 0.2) is 5.96 Å².